The number of allylic oxidation sites excluding steroid dienone is 1. The molecule has 0 saturated heterocycles. The number of hydrogen-bond donors (Lipinski definition) is 1. The Morgan fingerprint density at radius 3 is 2.82 bits per heavy atom. The lowest BCUT2D eigenvalue weighted by atomic mass is 9.54. The molecule has 0 aromatic heterocycles. The van der Waals surface area contributed by atoms with Crippen molar-refractivity contribution in [3.63, 3.8) is 0 Å². The van der Waals surface area contributed by atoms with Crippen molar-refractivity contribution in [1.29, 1.82) is 0 Å². The van der Waals surface area contributed by atoms with Crippen molar-refractivity contribution in [2.45, 2.75) is 90.6 Å². The van der Waals surface area contributed by atoms with Gasteiger partial charge in [0.1, 0.15) is 0 Å². The molecule has 158 valence electrons. The summed E-state index contributed by atoms with van der Waals surface area (Å²) in [7, 11) is 1.50. The van der Waals surface area contributed by atoms with Crippen molar-refractivity contribution < 1.29 is 14.6 Å². The molecule has 8 atom stereocenters. The van der Waals surface area contributed by atoms with Gasteiger partial charge in [-0.15, -0.1) is 0 Å². The molecule has 3 saturated carbocycles. The van der Waals surface area contributed by atoms with Gasteiger partial charge in [0.05, 0.1) is 13.2 Å². The van der Waals surface area contributed by atoms with Crippen molar-refractivity contribution in [1.82, 2.24) is 0 Å². The van der Waals surface area contributed by atoms with Crippen LogP contribution < -0.4 is 0 Å². The van der Waals surface area contributed by atoms with Gasteiger partial charge in [-0.1, -0.05) is 25.5 Å². The van der Waals surface area contributed by atoms with Crippen molar-refractivity contribution in [3.8, 4) is 0 Å². The van der Waals surface area contributed by atoms with Crippen LogP contribution in [0.3, 0.4) is 0 Å². The van der Waals surface area contributed by atoms with E-state index in [-0.39, 0.29) is 12.1 Å². The highest BCUT2D eigenvalue weighted by atomic mass is 16.5. The lowest BCUT2D eigenvalue weighted by Crippen LogP contribution is -2.43. The normalized spacial score (nSPS) is 43.8. The van der Waals surface area contributed by atoms with Crippen LogP contribution in [0.4, 0.5) is 0 Å². The summed E-state index contributed by atoms with van der Waals surface area (Å²) < 4.78 is 4.86. The monoisotopic (exact) mass is 388 g/mol. The zero-order valence-corrected chi connectivity index (χ0v) is 18.2. The molecule has 0 aromatic rings. The molecule has 3 fully saturated rings. The van der Waals surface area contributed by atoms with E-state index in [1.54, 1.807) is 5.57 Å². The number of carbonyl (C=O) groups excluding carboxylic acids is 1. The minimum atomic E-state index is -0.110. The van der Waals surface area contributed by atoms with Crippen molar-refractivity contribution >= 4 is 5.97 Å². The SMILES string of the molecule is COC(=O)CC[C@@H](C)[C@H]1CC[C@@H]2C[C@H]1CCC1C2CC=C2C[C@@H](O)CC[C@@]21C. The Hall–Kier alpha value is -0.830. The fourth-order valence-electron chi connectivity index (χ4n) is 7.77. The molecule has 0 spiro atoms. The van der Waals surface area contributed by atoms with E-state index in [0.29, 0.717) is 17.8 Å². The Morgan fingerprint density at radius 1 is 1.25 bits per heavy atom. The molecule has 4 rings (SSSR count). The minimum Gasteiger partial charge on any atom is -0.469 e. The molecule has 28 heavy (non-hydrogen) atoms. The number of ether oxygens (including phenoxy) is 1. The molecule has 0 heterocycles. The lowest BCUT2D eigenvalue weighted by molar-refractivity contribution is -0.141. The first-order chi connectivity index (χ1) is 13.4. The maximum atomic E-state index is 11.6. The molecule has 2 bridgehead atoms. The number of carbonyl (C=O) groups is 1. The number of hydrogen-bond acceptors (Lipinski definition) is 3. The van der Waals surface area contributed by atoms with Gasteiger partial charge in [0.2, 0.25) is 0 Å². The first kappa shape index (κ1) is 20.4. The van der Waals surface area contributed by atoms with Gasteiger partial charge in [-0.2, -0.15) is 0 Å². The fourth-order valence-corrected chi connectivity index (χ4v) is 7.77. The molecular formula is C25H40O3. The van der Waals surface area contributed by atoms with Gasteiger partial charge in [-0.05, 0) is 105 Å². The molecule has 0 aromatic carbocycles. The Morgan fingerprint density at radius 2 is 2.04 bits per heavy atom. The molecule has 0 amide bonds. The quantitative estimate of drug-likeness (QED) is 0.510. The molecule has 3 heteroatoms. The van der Waals surface area contributed by atoms with Crippen molar-refractivity contribution in [2.75, 3.05) is 7.11 Å². The minimum absolute atomic E-state index is 0.0570. The largest absolute Gasteiger partial charge is 0.469 e. The summed E-state index contributed by atoms with van der Waals surface area (Å²) >= 11 is 0. The maximum absolute atomic E-state index is 11.6. The van der Waals surface area contributed by atoms with Crippen LogP contribution in [0.5, 0.6) is 0 Å². The number of aliphatic hydroxyl groups excluding tert-OH is 1. The average molecular weight is 389 g/mol. The van der Waals surface area contributed by atoms with Crippen LogP contribution in [-0.4, -0.2) is 24.3 Å². The summed E-state index contributed by atoms with van der Waals surface area (Å²) in [5.41, 5.74) is 1.91. The van der Waals surface area contributed by atoms with Crippen molar-refractivity contribution in [3.05, 3.63) is 11.6 Å². The molecule has 3 nitrogen and oxygen atoms in total. The standard InChI is InChI=1S/C25H40O3/c1-16(4-11-24(27)28-3)21-8-5-18-14-17(21)6-10-23-22(18)9-7-19-15-20(26)12-13-25(19,23)2/h7,16-18,20-23,26H,4-6,8-15H2,1-3H3/t16-,17-,18-,20+,21-,22?,23?,25+/m1/s1. The highest BCUT2D eigenvalue weighted by Crippen LogP contribution is 2.60. The van der Waals surface area contributed by atoms with Gasteiger partial charge in [-0.3, -0.25) is 4.79 Å². The van der Waals surface area contributed by atoms with E-state index < -0.39 is 0 Å². The van der Waals surface area contributed by atoms with Crippen LogP contribution in [0.25, 0.3) is 0 Å². The van der Waals surface area contributed by atoms with Crippen LogP contribution >= 0.6 is 0 Å². The molecule has 4 aliphatic carbocycles. The molecular weight excluding hydrogens is 348 g/mol. The average Bonchev–Trinajstić information content (AvgIpc) is 2.84. The lowest BCUT2D eigenvalue weighted by Gasteiger charge is -2.52. The highest BCUT2D eigenvalue weighted by Gasteiger charge is 2.51. The number of aliphatic hydroxyl groups is 1. The second-order valence-corrected chi connectivity index (χ2v) is 10.7. The summed E-state index contributed by atoms with van der Waals surface area (Å²) in [5.74, 6) is 4.77. The van der Waals surface area contributed by atoms with E-state index in [4.69, 9.17) is 4.74 Å². The third-order valence-corrected chi connectivity index (χ3v) is 9.46. The Balaban J connectivity index is 1.46. The van der Waals surface area contributed by atoms with Gasteiger partial charge in [0, 0.05) is 6.42 Å². The van der Waals surface area contributed by atoms with E-state index in [2.05, 4.69) is 19.9 Å². The van der Waals surface area contributed by atoms with Crippen LogP contribution in [0.1, 0.15) is 84.5 Å². The number of fused-ring (bicyclic) bond motifs is 6. The fraction of sp³-hybridized carbons (Fsp3) is 0.880. The Bertz CT molecular complexity index is 611. The van der Waals surface area contributed by atoms with Gasteiger partial charge in [-0.25, -0.2) is 0 Å². The van der Waals surface area contributed by atoms with E-state index in [1.807, 2.05) is 0 Å². The Labute approximate surface area is 171 Å². The molecule has 4 aliphatic rings. The van der Waals surface area contributed by atoms with Crippen LogP contribution in [0.2, 0.25) is 0 Å². The van der Waals surface area contributed by atoms with E-state index in [1.165, 1.54) is 52.1 Å². The molecule has 1 N–H and O–H groups in total. The van der Waals surface area contributed by atoms with Crippen molar-refractivity contribution in [2.24, 2.45) is 40.9 Å². The highest BCUT2D eigenvalue weighted by molar-refractivity contribution is 5.69. The number of rotatable bonds is 4. The van der Waals surface area contributed by atoms with Gasteiger partial charge < -0.3 is 9.84 Å². The number of methoxy groups -OCH3 is 1. The second kappa shape index (κ2) is 8.13. The molecule has 0 aliphatic heterocycles. The topological polar surface area (TPSA) is 46.5 Å². The Kier molecular flexibility index (Phi) is 5.93. The van der Waals surface area contributed by atoms with Crippen LogP contribution in [0.15, 0.2) is 11.6 Å². The first-order valence-electron chi connectivity index (χ1n) is 11.9. The third kappa shape index (κ3) is 3.68. The van der Waals surface area contributed by atoms with E-state index in [9.17, 15) is 9.90 Å². The zero-order chi connectivity index (χ0) is 19.9. The summed E-state index contributed by atoms with van der Waals surface area (Å²) in [6.07, 6.45) is 15.2. The molecule has 2 unspecified atom stereocenters. The smallest absolute Gasteiger partial charge is 0.305 e. The van der Waals surface area contributed by atoms with Crippen LogP contribution in [0, 0.1) is 40.9 Å². The first-order valence-corrected chi connectivity index (χ1v) is 11.9. The summed E-state index contributed by atoms with van der Waals surface area (Å²) in [6, 6.07) is 0. The summed E-state index contributed by atoms with van der Waals surface area (Å²) in [5, 5.41) is 10.2. The van der Waals surface area contributed by atoms with E-state index >= 15 is 0 Å². The predicted octanol–water partition coefficient (Wildman–Crippen LogP) is 5.52. The van der Waals surface area contributed by atoms with Gasteiger partial charge >= 0.3 is 5.97 Å². The van der Waals surface area contributed by atoms with E-state index in [0.717, 1.165) is 48.9 Å². The number of esters is 1. The second-order valence-electron chi connectivity index (χ2n) is 10.7. The predicted molar refractivity (Wildman–Crippen MR) is 112 cm³/mol. The zero-order valence-electron chi connectivity index (χ0n) is 18.2. The summed E-state index contributed by atoms with van der Waals surface area (Å²) in [6.45, 7) is 4.89. The maximum Gasteiger partial charge on any atom is 0.305 e. The summed E-state index contributed by atoms with van der Waals surface area (Å²) in [4.78, 5) is 11.6. The van der Waals surface area contributed by atoms with Gasteiger partial charge in [0.15, 0.2) is 0 Å². The molecule has 0 radical (unpaired) electrons. The third-order valence-electron chi connectivity index (χ3n) is 9.46. The van der Waals surface area contributed by atoms with Gasteiger partial charge in [0.25, 0.3) is 0 Å². The van der Waals surface area contributed by atoms with Crippen LogP contribution in [-0.2, 0) is 9.53 Å².